The molecule has 40 heavy (non-hydrogen) atoms. The Hall–Kier alpha value is -3.28. The minimum atomic E-state index is -1.06. The number of amides is 1. The van der Waals surface area contributed by atoms with Crippen LogP contribution in [0, 0.1) is 12.7 Å². The monoisotopic (exact) mass is 555 g/mol. The summed E-state index contributed by atoms with van der Waals surface area (Å²) in [5.41, 5.74) is 4.17. The first kappa shape index (κ1) is 31.2. The molecule has 1 amide bonds. The topological polar surface area (TPSA) is 88.8 Å². The van der Waals surface area contributed by atoms with Gasteiger partial charge in [-0.3, -0.25) is 4.79 Å². The molecule has 1 aromatic heterocycles. The minimum absolute atomic E-state index is 0. The largest absolute Gasteiger partial charge is 1.00 e. The normalized spacial score (nSPS) is 11.5. The standard InChI is InChI=1S/C31H30FNO5S.Li.H/c1-20-7-3-4-8-23(20)26-17-21(11-13-24(26)30(34)33-28(31(35)36)15-16-39-2)18-37-19-22-12-14-29(38-22)25-9-5-6-10-27(25)32;;/h3-14,17,28H,15-16,18-19H2,1-2H3,(H,33,34)(H,35,36);;/q;+1;-1/t28-;;/m0../s1. The van der Waals surface area contributed by atoms with Gasteiger partial charge in [0.1, 0.15) is 30.0 Å². The Morgan fingerprint density at radius 3 is 2.42 bits per heavy atom. The quantitative estimate of drug-likeness (QED) is 0.259. The third-order valence-corrected chi connectivity index (χ3v) is 6.94. The number of carbonyl (C=O) groups excluding carboxylic acids is 1. The first-order valence-corrected chi connectivity index (χ1v) is 13.9. The van der Waals surface area contributed by atoms with Gasteiger partial charge in [0.15, 0.2) is 0 Å². The number of hydrogen-bond donors (Lipinski definition) is 2. The van der Waals surface area contributed by atoms with Gasteiger partial charge in [-0.1, -0.05) is 42.5 Å². The Morgan fingerprint density at radius 2 is 1.73 bits per heavy atom. The van der Waals surface area contributed by atoms with Crippen molar-refractivity contribution in [3.8, 4) is 22.5 Å². The van der Waals surface area contributed by atoms with Crippen molar-refractivity contribution in [1.82, 2.24) is 5.32 Å². The van der Waals surface area contributed by atoms with Crippen LogP contribution in [0.5, 0.6) is 0 Å². The molecule has 0 aliphatic carbocycles. The van der Waals surface area contributed by atoms with Gasteiger partial charge >= 0.3 is 24.8 Å². The van der Waals surface area contributed by atoms with Gasteiger partial charge in [-0.25, -0.2) is 9.18 Å². The number of ether oxygens (including phenoxy) is 1. The Labute approximate surface area is 251 Å². The number of aryl methyl sites for hydroxylation is 1. The first-order chi connectivity index (χ1) is 18.9. The zero-order valence-electron chi connectivity index (χ0n) is 23.8. The Bertz CT molecular complexity index is 1460. The molecular formula is C31H31FLiNO5S. The number of furan rings is 1. The second kappa shape index (κ2) is 14.9. The van der Waals surface area contributed by atoms with Gasteiger partial charge in [0.25, 0.3) is 5.91 Å². The molecule has 204 valence electrons. The molecule has 3 aromatic carbocycles. The Kier molecular flexibility index (Phi) is 11.7. The minimum Gasteiger partial charge on any atom is -1.00 e. The number of nitrogens with one attached hydrogen (secondary N) is 1. The van der Waals surface area contributed by atoms with Crippen molar-refractivity contribution in [2.75, 3.05) is 12.0 Å². The number of carboxylic acids is 1. The molecule has 0 saturated carbocycles. The number of carboxylic acid groups (broad SMARTS) is 1. The third kappa shape index (κ3) is 7.89. The molecule has 0 aliphatic heterocycles. The summed E-state index contributed by atoms with van der Waals surface area (Å²) < 4.78 is 25.7. The molecule has 4 aromatic rings. The van der Waals surface area contributed by atoms with E-state index in [-0.39, 0.29) is 39.3 Å². The van der Waals surface area contributed by atoms with Gasteiger partial charge in [-0.2, -0.15) is 11.8 Å². The molecule has 4 rings (SSSR count). The van der Waals surface area contributed by atoms with E-state index in [4.69, 9.17) is 9.15 Å². The molecule has 0 spiro atoms. The predicted octanol–water partition coefficient (Wildman–Crippen LogP) is 3.83. The number of thioether (sulfide) groups is 1. The van der Waals surface area contributed by atoms with Gasteiger partial charge in [0, 0.05) is 5.56 Å². The maximum absolute atomic E-state index is 14.1. The van der Waals surface area contributed by atoms with Gasteiger partial charge in [-0.05, 0) is 84.0 Å². The number of hydrogen-bond acceptors (Lipinski definition) is 5. The van der Waals surface area contributed by atoms with Crippen LogP contribution < -0.4 is 24.2 Å². The zero-order valence-corrected chi connectivity index (χ0v) is 23.6. The SMILES string of the molecule is CSCC[C@H](NC(=O)c1ccc(COCc2ccc(-c3ccccc3F)o2)cc1-c1ccccc1C)C(=O)O.[H-].[Li+]. The fourth-order valence-electron chi connectivity index (χ4n) is 4.24. The summed E-state index contributed by atoms with van der Waals surface area (Å²) in [6.07, 6.45) is 2.23. The van der Waals surface area contributed by atoms with Crippen molar-refractivity contribution in [3.05, 3.63) is 107 Å². The van der Waals surface area contributed by atoms with Crippen LogP contribution in [0.15, 0.2) is 83.3 Å². The maximum Gasteiger partial charge on any atom is 1.00 e. The van der Waals surface area contributed by atoms with E-state index in [1.807, 2.05) is 43.5 Å². The van der Waals surface area contributed by atoms with Crippen LogP contribution in [0.4, 0.5) is 4.39 Å². The zero-order chi connectivity index (χ0) is 27.8. The van der Waals surface area contributed by atoms with E-state index in [0.29, 0.717) is 40.4 Å². The maximum atomic E-state index is 14.1. The first-order valence-electron chi connectivity index (χ1n) is 12.5. The number of halogens is 1. The van der Waals surface area contributed by atoms with Crippen LogP contribution in [0.1, 0.15) is 35.1 Å². The number of aliphatic carboxylic acids is 1. The summed E-state index contributed by atoms with van der Waals surface area (Å²) in [4.78, 5) is 24.9. The van der Waals surface area contributed by atoms with E-state index in [2.05, 4.69) is 5.32 Å². The Morgan fingerprint density at radius 1 is 1.00 bits per heavy atom. The van der Waals surface area contributed by atoms with E-state index in [1.54, 1.807) is 42.5 Å². The van der Waals surface area contributed by atoms with Crippen molar-refractivity contribution in [2.24, 2.45) is 0 Å². The van der Waals surface area contributed by atoms with E-state index in [9.17, 15) is 19.1 Å². The van der Waals surface area contributed by atoms with Crippen molar-refractivity contribution in [2.45, 2.75) is 32.6 Å². The number of rotatable bonds is 12. The van der Waals surface area contributed by atoms with Crippen molar-refractivity contribution >= 4 is 23.6 Å². The third-order valence-electron chi connectivity index (χ3n) is 6.29. The van der Waals surface area contributed by atoms with Crippen molar-refractivity contribution in [1.29, 1.82) is 0 Å². The van der Waals surface area contributed by atoms with Crippen LogP contribution in [0.25, 0.3) is 22.5 Å². The number of carbonyl (C=O) groups is 2. The molecular weight excluding hydrogens is 524 g/mol. The van der Waals surface area contributed by atoms with Gasteiger partial charge in [-0.15, -0.1) is 0 Å². The average molecular weight is 556 g/mol. The fourth-order valence-corrected chi connectivity index (χ4v) is 4.71. The molecule has 0 unspecified atom stereocenters. The molecule has 0 radical (unpaired) electrons. The predicted molar refractivity (Wildman–Crippen MR) is 152 cm³/mol. The second-order valence-electron chi connectivity index (χ2n) is 9.08. The summed E-state index contributed by atoms with van der Waals surface area (Å²) in [6, 6.07) is 22.0. The van der Waals surface area contributed by atoms with E-state index < -0.39 is 17.9 Å². The van der Waals surface area contributed by atoms with Crippen molar-refractivity contribution in [3.63, 3.8) is 0 Å². The molecule has 9 heteroatoms. The smallest absolute Gasteiger partial charge is 1.00 e. The molecule has 0 bridgehead atoms. The van der Waals surface area contributed by atoms with Crippen molar-refractivity contribution < 1.29 is 48.5 Å². The van der Waals surface area contributed by atoms with Crippen LogP contribution in [-0.4, -0.2) is 35.0 Å². The molecule has 0 aliphatic rings. The second-order valence-corrected chi connectivity index (χ2v) is 10.1. The van der Waals surface area contributed by atoms with Crippen LogP contribution in [0.2, 0.25) is 0 Å². The summed E-state index contributed by atoms with van der Waals surface area (Å²) in [7, 11) is 0. The summed E-state index contributed by atoms with van der Waals surface area (Å²) >= 11 is 1.53. The van der Waals surface area contributed by atoms with Gasteiger partial charge < -0.3 is 21.0 Å². The molecule has 2 N–H and O–H groups in total. The van der Waals surface area contributed by atoms with Crippen LogP contribution >= 0.6 is 11.8 Å². The van der Waals surface area contributed by atoms with E-state index in [0.717, 1.165) is 16.7 Å². The fraction of sp³-hybridized carbons (Fsp3) is 0.226. The van der Waals surface area contributed by atoms with E-state index >= 15 is 0 Å². The van der Waals surface area contributed by atoms with E-state index in [1.165, 1.54) is 17.8 Å². The molecule has 1 atom stereocenters. The summed E-state index contributed by atoms with van der Waals surface area (Å²) in [5, 5.41) is 12.3. The summed E-state index contributed by atoms with van der Waals surface area (Å²) in [5.74, 6) is -0.239. The number of benzene rings is 3. The summed E-state index contributed by atoms with van der Waals surface area (Å²) in [6.45, 7) is 2.40. The molecule has 0 fully saturated rings. The molecule has 1 heterocycles. The molecule has 0 saturated heterocycles. The van der Waals surface area contributed by atoms with Gasteiger partial charge in [0.05, 0.1) is 12.2 Å². The van der Waals surface area contributed by atoms with Crippen LogP contribution in [-0.2, 0) is 22.7 Å². The Balaban J connectivity index is 0.00000294. The average Bonchev–Trinajstić information content (AvgIpc) is 3.40. The van der Waals surface area contributed by atoms with Crippen LogP contribution in [0.3, 0.4) is 0 Å². The molecule has 6 nitrogen and oxygen atoms in total. The van der Waals surface area contributed by atoms with Gasteiger partial charge in [0.2, 0.25) is 0 Å².